The van der Waals surface area contributed by atoms with Gasteiger partial charge in [0.1, 0.15) is 17.2 Å². The molecule has 3 N–H and O–H groups in total. The minimum atomic E-state index is -0.0444. The van der Waals surface area contributed by atoms with Gasteiger partial charge in [0.15, 0.2) is 11.7 Å². The van der Waals surface area contributed by atoms with E-state index in [2.05, 4.69) is 30.8 Å². The van der Waals surface area contributed by atoms with Crippen LogP contribution in [0.2, 0.25) is 0 Å². The number of hydrogen-bond donors (Lipinski definition) is 3. The lowest BCUT2D eigenvalue weighted by atomic mass is 10.2. The maximum Gasteiger partial charge on any atom is 0.216 e. The number of para-hydroxylation sites is 1. The maximum absolute atomic E-state index is 5.90. The number of nitrogens with one attached hydrogen (secondary N) is 3. The highest BCUT2D eigenvalue weighted by atomic mass is 16.3. The number of fused-ring (bicyclic) bond motifs is 1. The van der Waals surface area contributed by atoms with E-state index in [9.17, 15) is 0 Å². The van der Waals surface area contributed by atoms with Gasteiger partial charge in [0, 0.05) is 12.4 Å². The Bertz CT molecular complexity index is 1010. The second-order valence-electron chi connectivity index (χ2n) is 6.06. The average molecular weight is 364 g/mol. The molecule has 0 spiro atoms. The van der Waals surface area contributed by atoms with Crippen LogP contribution < -0.4 is 10.6 Å². The minimum absolute atomic E-state index is 0.0444. The summed E-state index contributed by atoms with van der Waals surface area (Å²) in [6.07, 6.45) is 1.59. The normalized spacial score (nSPS) is 13.0. The van der Waals surface area contributed by atoms with Crippen LogP contribution in [0.1, 0.15) is 24.6 Å². The first-order valence-electron chi connectivity index (χ1n) is 8.64. The van der Waals surface area contributed by atoms with Gasteiger partial charge in [0.05, 0.1) is 18.8 Å². The molecule has 0 saturated carbocycles. The van der Waals surface area contributed by atoms with Gasteiger partial charge in [-0.3, -0.25) is 10.1 Å². The largest absolute Gasteiger partial charge is 0.461 e. The van der Waals surface area contributed by atoms with Crippen molar-refractivity contribution in [3.05, 3.63) is 60.3 Å². The number of guanidine groups is 1. The lowest BCUT2D eigenvalue weighted by Crippen LogP contribution is -2.38. The molecule has 138 valence electrons. The van der Waals surface area contributed by atoms with Gasteiger partial charge in [-0.1, -0.05) is 18.2 Å². The molecule has 27 heavy (non-hydrogen) atoms. The lowest BCUT2D eigenvalue weighted by Gasteiger charge is -2.15. The van der Waals surface area contributed by atoms with Gasteiger partial charge in [-0.05, 0) is 31.2 Å². The number of nitrogens with zero attached hydrogens (tertiary/aromatic N) is 3. The Morgan fingerprint density at radius 2 is 2.15 bits per heavy atom. The summed E-state index contributed by atoms with van der Waals surface area (Å²) in [4.78, 5) is 8.65. The van der Waals surface area contributed by atoms with E-state index < -0.39 is 0 Å². The Hall–Kier alpha value is -3.55. The second kappa shape index (κ2) is 7.36. The summed E-state index contributed by atoms with van der Waals surface area (Å²) in [5.41, 5.74) is 0.871. The SMILES string of the molecule is CN=C(NCc1nc(-c2ccco2)n[nH]1)NC(C)c1cc2ccccc2o1. The highest BCUT2D eigenvalue weighted by molar-refractivity contribution is 5.81. The number of aromatic amines is 1. The van der Waals surface area contributed by atoms with Crippen LogP contribution in [0.4, 0.5) is 0 Å². The molecule has 8 heteroatoms. The van der Waals surface area contributed by atoms with Crippen molar-refractivity contribution in [3.8, 4) is 11.6 Å². The van der Waals surface area contributed by atoms with Crippen molar-refractivity contribution in [1.82, 2.24) is 25.8 Å². The summed E-state index contributed by atoms with van der Waals surface area (Å²) in [7, 11) is 1.72. The van der Waals surface area contributed by atoms with Crippen LogP contribution in [-0.4, -0.2) is 28.2 Å². The zero-order chi connectivity index (χ0) is 18.6. The first kappa shape index (κ1) is 16.9. The van der Waals surface area contributed by atoms with Gasteiger partial charge in [-0.15, -0.1) is 5.10 Å². The highest BCUT2D eigenvalue weighted by Gasteiger charge is 2.14. The standard InChI is InChI=1S/C19H20N6O2/c1-12(16-10-13-6-3-4-7-14(13)27-16)22-19(20-2)21-11-17-23-18(25-24-17)15-8-5-9-26-15/h3-10,12H,11H2,1-2H3,(H2,20,21,22)(H,23,24,25). The maximum atomic E-state index is 5.90. The summed E-state index contributed by atoms with van der Waals surface area (Å²) in [5, 5.41) is 14.6. The van der Waals surface area contributed by atoms with E-state index in [1.807, 2.05) is 43.3 Å². The van der Waals surface area contributed by atoms with Gasteiger partial charge >= 0.3 is 0 Å². The number of aromatic nitrogens is 3. The number of aliphatic imine (C=N–C) groups is 1. The number of hydrogen-bond acceptors (Lipinski definition) is 5. The Kier molecular flexibility index (Phi) is 4.61. The minimum Gasteiger partial charge on any atom is -0.461 e. The fourth-order valence-corrected chi connectivity index (χ4v) is 2.74. The van der Waals surface area contributed by atoms with E-state index in [1.165, 1.54) is 0 Å². The van der Waals surface area contributed by atoms with Crippen LogP contribution in [0.5, 0.6) is 0 Å². The zero-order valence-electron chi connectivity index (χ0n) is 15.1. The smallest absolute Gasteiger partial charge is 0.216 e. The molecule has 3 heterocycles. The predicted octanol–water partition coefficient (Wildman–Crippen LogP) is 3.24. The van der Waals surface area contributed by atoms with E-state index in [-0.39, 0.29) is 6.04 Å². The molecule has 0 bridgehead atoms. The summed E-state index contributed by atoms with van der Waals surface area (Å²) in [6, 6.07) is 13.5. The van der Waals surface area contributed by atoms with Crippen molar-refractivity contribution in [3.63, 3.8) is 0 Å². The molecule has 1 aromatic carbocycles. The fourth-order valence-electron chi connectivity index (χ4n) is 2.74. The third-order valence-electron chi connectivity index (χ3n) is 4.14. The van der Waals surface area contributed by atoms with Crippen LogP contribution in [0.25, 0.3) is 22.6 Å². The third kappa shape index (κ3) is 3.69. The topological polar surface area (TPSA) is 104 Å². The molecule has 0 radical (unpaired) electrons. The lowest BCUT2D eigenvalue weighted by molar-refractivity contribution is 0.488. The van der Waals surface area contributed by atoms with Crippen molar-refractivity contribution >= 4 is 16.9 Å². The molecule has 0 aliphatic rings. The van der Waals surface area contributed by atoms with Crippen molar-refractivity contribution in [2.45, 2.75) is 19.5 Å². The quantitative estimate of drug-likeness (QED) is 0.371. The van der Waals surface area contributed by atoms with Crippen LogP contribution >= 0.6 is 0 Å². The molecule has 0 amide bonds. The zero-order valence-corrected chi connectivity index (χ0v) is 15.1. The van der Waals surface area contributed by atoms with Crippen molar-refractivity contribution in [1.29, 1.82) is 0 Å². The van der Waals surface area contributed by atoms with E-state index in [0.717, 1.165) is 16.7 Å². The van der Waals surface area contributed by atoms with E-state index in [1.54, 1.807) is 19.4 Å². The number of rotatable bonds is 5. The number of H-pyrrole nitrogens is 1. The highest BCUT2D eigenvalue weighted by Crippen LogP contribution is 2.23. The summed E-state index contributed by atoms with van der Waals surface area (Å²) < 4.78 is 11.2. The molecule has 1 unspecified atom stereocenters. The Labute approximate surface area is 155 Å². The predicted molar refractivity (Wildman–Crippen MR) is 102 cm³/mol. The van der Waals surface area contributed by atoms with Gasteiger partial charge in [0.25, 0.3) is 0 Å². The van der Waals surface area contributed by atoms with Crippen molar-refractivity contribution < 1.29 is 8.83 Å². The van der Waals surface area contributed by atoms with E-state index in [4.69, 9.17) is 8.83 Å². The number of benzene rings is 1. The summed E-state index contributed by atoms with van der Waals surface area (Å²) in [6.45, 7) is 2.47. The van der Waals surface area contributed by atoms with Crippen LogP contribution in [0.15, 0.2) is 62.6 Å². The summed E-state index contributed by atoms with van der Waals surface area (Å²) in [5.74, 6) is 3.31. The van der Waals surface area contributed by atoms with Crippen LogP contribution in [0, 0.1) is 0 Å². The first-order chi connectivity index (χ1) is 13.2. The molecular weight excluding hydrogens is 344 g/mol. The van der Waals surface area contributed by atoms with Crippen LogP contribution in [0.3, 0.4) is 0 Å². The molecule has 0 aliphatic carbocycles. The van der Waals surface area contributed by atoms with Crippen LogP contribution in [-0.2, 0) is 6.54 Å². The van der Waals surface area contributed by atoms with Gasteiger partial charge < -0.3 is 19.5 Å². The third-order valence-corrected chi connectivity index (χ3v) is 4.14. The van der Waals surface area contributed by atoms with Crippen molar-refractivity contribution in [2.24, 2.45) is 4.99 Å². The Morgan fingerprint density at radius 3 is 2.93 bits per heavy atom. The van der Waals surface area contributed by atoms with E-state index >= 15 is 0 Å². The van der Waals surface area contributed by atoms with Gasteiger partial charge in [-0.2, -0.15) is 0 Å². The molecular formula is C19H20N6O2. The molecule has 4 rings (SSSR count). The summed E-state index contributed by atoms with van der Waals surface area (Å²) >= 11 is 0. The molecule has 4 aromatic rings. The Balaban J connectivity index is 1.38. The first-order valence-corrected chi connectivity index (χ1v) is 8.64. The molecule has 3 aromatic heterocycles. The molecule has 0 fully saturated rings. The van der Waals surface area contributed by atoms with E-state index in [0.29, 0.717) is 29.9 Å². The fraction of sp³-hybridized carbons (Fsp3) is 0.211. The monoisotopic (exact) mass is 364 g/mol. The molecule has 0 saturated heterocycles. The molecule has 1 atom stereocenters. The molecule has 0 aliphatic heterocycles. The second-order valence-corrected chi connectivity index (χ2v) is 6.06. The van der Waals surface area contributed by atoms with Gasteiger partial charge in [-0.25, -0.2) is 4.98 Å². The Morgan fingerprint density at radius 1 is 1.26 bits per heavy atom. The average Bonchev–Trinajstić information content (AvgIpc) is 3.44. The van der Waals surface area contributed by atoms with Crippen molar-refractivity contribution in [2.75, 3.05) is 7.05 Å². The molecule has 8 nitrogen and oxygen atoms in total. The van der Waals surface area contributed by atoms with Gasteiger partial charge in [0.2, 0.25) is 5.82 Å². The number of furan rings is 2.